The van der Waals surface area contributed by atoms with Crippen molar-refractivity contribution in [2.24, 2.45) is 0 Å². The Morgan fingerprint density at radius 2 is 1.72 bits per heavy atom. The third-order valence-electron chi connectivity index (χ3n) is 4.04. The summed E-state index contributed by atoms with van der Waals surface area (Å²) in [4.78, 5) is 38.2. The first kappa shape index (κ1) is 15.6. The standard InChI is InChI=1S/C16H13N5O3S/c1-9-13(22)21-16(18-17-9)25-12(19-21)7-4-8-20-14(23)10-5-2-3-6-11(10)15(20)24/h2-3,5-6H,4,7-8H2,1H3. The molecule has 3 heterocycles. The molecule has 0 fully saturated rings. The van der Waals surface area contributed by atoms with E-state index in [1.807, 2.05) is 0 Å². The van der Waals surface area contributed by atoms with Gasteiger partial charge >= 0.3 is 0 Å². The van der Waals surface area contributed by atoms with E-state index >= 15 is 0 Å². The van der Waals surface area contributed by atoms with Gasteiger partial charge in [0.25, 0.3) is 17.4 Å². The van der Waals surface area contributed by atoms with E-state index in [4.69, 9.17) is 0 Å². The zero-order chi connectivity index (χ0) is 17.6. The van der Waals surface area contributed by atoms with Crippen molar-refractivity contribution in [2.45, 2.75) is 19.8 Å². The largest absolute Gasteiger partial charge is 0.296 e. The second-order valence-electron chi connectivity index (χ2n) is 5.69. The van der Waals surface area contributed by atoms with Crippen LogP contribution in [0.3, 0.4) is 0 Å². The summed E-state index contributed by atoms with van der Waals surface area (Å²) < 4.78 is 1.24. The smallest absolute Gasteiger partial charge is 0.274 e. The number of hydrogen-bond acceptors (Lipinski definition) is 7. The zero-order valence-corrected chi connectivity index (χ0v) is 14.1. The van der Waals surface area contributed by atoms with Gasteiger partial charge in [0.15, 0.2) is 0 Å². The zero-order valence-electron chi connectivity index (χ0n) is 13.3. The summed E-state index contributed by atoms with van der Waals surface area (Å²) in [7, 11) is 0. The minimum Gasteiger partial charge on any atom is -0.274 e. The van der Waals surface area contributed by atoms with Crippen molar-refractivity contribution in [1.82, 2.24) is 24.7 Å². The number of nitrogens with zero attached hydrogens (tertiary/aromatic N) is 5. The van der Waals surface area contributed by atoms with Crippen LogP contribution in [0.5, 0.6) is 0 Å². The molecule has 9 heteroatoms. The van der Waals surface area contributed by atoms with Gasteiger partial charge in [0.05, 0.1) is 11.1 Å². The number of carbonyl (C=O) groups is 2. The first-order valence-corrected chi connectivity index (χ1v) is 8.55. The Morgan fingerprint density at radius 1 is 1.04 bits per heavy atom. The van der Waals surface area contributed by atoms with Gasteiger partial charge < -0.3 is 0 Å². The number of aryl methyl sites for hydroxylation is 2. The van der Waals surface area contributed by atoms with Crippen molar-refractivity contribution < 1.29 is 9.59 Å². The number of amides is 2. The fraction of sp³-hybridized carbons (Fsp3) is 0.250. The summed E-state index contributed by atoms with van der Waals surface area (Å²) in [5.74, 6) is -0.523. The summed E-state index contributed by atoms with van der Waals surface area (Å²) in [6.07, 6.45) is 1.10. The molecule has 126 valence electrons. The maximum atomic E-state index is 12.3. The minimum absolute atomic E-state index is 0.261. The van der Waals surface area contributed by atoms with Gasteiger partial charge in [-0.05, 0) is 25.5 Å². The lowest BCUT2D eigenvalue weighted by Crippen LogP contribution is -2.31. The molecular weight excluding hydrogens is 342 g/mol. The quantitative estimate of drug-likeness (QED) is 0.650. The van der Waals surface area contributed by atoms with Crippen LogP contribution in [0.2, 0.25) is 0 Å². The molecule has 1 aliphatic heterocycles. The molecule has 4 rings (SSSR count). The molecule has 1 aliphatic rings. The lowest BCUT2D eigenvalue weighted by atomic mass is 10.1. The number of aromatic nitrogens is 4. The molecule has 0 radical (unpaired) electrons. The van der Waals surface area contributed by atoms with Crippen LogP contribution in [0.25, 0.3) is 4.96 Å². The Bertz CT molecular complexity index is 1040. The van der Waals surface area contributed by atoms with E-state index < -0.39 is 0 Å². The molecule has 8 nitrogen and oxygen atoms in total. The van der Waals surface area contributed by atoms with Crippen LogP contribution in [-0.4, -0.2) is 43.1 Å². The first-order chi connectivity index (χ1) is 12.1. The average Bonchev–Trinajstić information content (AvgIpc) is 3.14. The van der Waals surface area contributed by atoms with Crippen molar-refractivity contribution in [2.75, 3.05) is 6.54 Å². The van der Waals surface area contributed by atoms with Crippen molar-refractivity contribution in [3.8, 4) is 0 Å². The summed E-state index contributed by atoms with van der Waals surface area (Å²) in [6.45, 7) is 1.89. The first-order valence-electron chi connectivity index (χ1n) is 7.73. The lowest BCUT2D eigenvalue weighted by molar-refractivity contribution is 0.0652. The Labute approximate surface area is 145 Å². The van der Waals surface area contributed by atoms with Crippen molar-refractivity contribution >= 4 is 28.1 Å². The van der Waals surface area contributed by atoms with Crippen LogP contribution in [-0.2, 0) is 6.42 Å². The van der Waals surface area contributed by atoms with Crippen LogP contribution in [0.1, 0.15) is 37.8 Å². The minimum atomic E-state index is -0.284. The Kier molecular flexibility index (Phi) is 3.65. The fourth-order valence-corrected chi connectivity index (χ4v) is 3.64. The molecule has 2 aromatic heterocycles. The van der Waals surface area contributed by atoms with Crippen LogP contribution >= 0.6 is 11.3 Å². The van der Waals surface area contributed by atoms with Gasteiger partial charge in [0, 0.05) is 13.0 Å². The molecule has 0 aliphatic carbocycles. The van der Waals surface area contributed by atoms with E-state index in [9.17, 15) is 14.4 Å². The van der Waals surface area contributed by atoms with Crippen LogP contribution in [0.15, 0.2) is 29.1 Å². The summed E-state index contributed by atoms with van der Waals surface area (Å²) >= 11 is 1.28. The molecule has 0 saturated heterocycles. The number of rotatable bonds is 4. The highest BCUT2D eigenvalue weighted by Gasteiger charge is 2.34. The lowest BCUT2D eigenvalue weighted by Gasteiger charge is -2.12. The maximum absolute atomic E-state index is 12.3. The number of benzene rings is 1. The van der Waals surface area contributed by atoms with E-state index in [1.54, 1.807) is 31.2 Å². The normalized spacial score (nSPS) is 13.7. The highest BCUT2D eigenvalue weighted by Crippen LogP contribution is 2.23. The Morgan fingerprint density at radius 3 is 2.40 bits per heavy atom. The second-order valence-corrected chi connectivity index (χ2v) is 6.73. The van der Waals surface area contributed by atoms with Gasteiger partial charge in [-0.25, -0.2) is 0 Å². The van der Waals surface area contributed by atoms with Crippen molar-refractivity contribution in [1.29, 1.82) is 0 Å². The van der Waals surface area contributed by atoms with E-state index in [0.29, 0.717) is 46.2 Å². The second kappa shape index (κ2) is 5.85. The number of hydrogen-bond donors (Lipinski definition) is 0. The average molecular weight is 355 g/mol. The molecule has 0 unspecified atom stereocenters. The molecule has 1 aromatic carbocycles. The van der Waals surface area contributed by atoms with Gasteiger partial charge in [0.2, 0.25) is 4.96 Å². The van der Waals surface area contributed by atoms with Gasteiger partial charge in [-0.3, -0.25) is 19.3 Å². The van der Waals surface area contributed by atoms with Crippen LogP contribution in [0.4, 0.5) is 0 Å². The Hall–Kier alpha value is -2.94. The Balaban J connectivity index is 1.47. The maximum Gasteiger partial charge on any atom is 0.296 e. The molecule has 0 N–H and O–H groups in total. The monoisotopic (exact) mass is 355 g/mol. The highest BCUT2D eigenvalue weighted by molar-refractivity contribution is 7.16. The van der Waals surface area contributed by atoms with Crippen molar-refractivity contribution in [3.63, 3.8) is 0 Å². The van der Waals surface area contributed by atoms with Gasteiger partial charge in [-0.1, -0.05) is 23.5 Å². The molecule has 25 heavy (non-hydrogen) atoms. The number of imide groups is 1. The SMILES string of the molecule is Cc1nnc2sc(CCCN3C(=O)c4ccccc4C3=O)nn2c1=O. The molecule has 2 amide bonds. The number of fused-ring (bicyclic) bond motifs is 2. The van der Waals surface area contributed by atoms with E-state index in [-0.39, 0.29) is 17.4 Å². The van der Waals surface area contributed by atoms with Crippen molar-refractivity contribution in [3.05, 3.63) is 56.4 Å². The molecule has 0 spiro atoms. The fourth-order valence-electron chi connectivity index (χ4n) is 2.76. The van der Waals surface area contributed by atoms with E-state index in [0.717, 1.165) is 0 Å². The van der Waals surface area contributed by atoms with Crippen LogP contribution in [0, 0.1) is 6.92 Å². The summed E-state index contributed by atoms with van der Waals surface area (Å²) in [5.41, 5.74) is 0.905. The molecular formula is C16H13N5O3S. The van der Waals surface area contributed by atoms with Crippen LogP contribution < -0.4 is 5.56 Å². The third-order valence-corrected chi connectivity index (χ3v) is 5.00. The topological polar surface area (TPSA) is 97.5 Å². The van der Waals surface area contributed by atoms with Gasteiger partial charge in [0.1, 0.15) is 10.7 Å². The van der Waals surface area contributed by atoms with E-state index in [2.05, 4.69) is 15.3 Å². The van der Waals surface area contributed by atoms with Gasteiger partial charge in [-0.2, -0.15) is 9.61 Å². The third kappa shape index (κ3) is 2.52. The molecule has 0 saturated carbocycles. The summed E-state index contributed by atoms with van der Waals surface area (Å²) in [5, 5.41) is 12.7. The predicted molar refractivity (Wildman–Crippen MR) is 89.8 cm³/mol. The highest BCUT2D eigenvalue weighted by atomic mass is 32.1. The molecule has 0 atom stereocenters. The molecule has 3 aromatic rings. The van der Waals surface area contributed by atoms with Gasteiger partial charge in [-0.15, -0.1) is 10.2 Å². The number of carbonyl (C=O) groups excluding carboxylic acids is 2. The predicted octanol–water partition coefficient (Wildman–Crippen LogP) is 1.08. The van der Waals surface area contributed by atoms with E-state index in [1.165, 1.54) is 20.8 Å². The molecule has 0 bridgehead atoms. The summed E-state index contributed by atoms with van der Waals surface area (Å²) in [6, 6.07) is 6.82.